The van der Waals surface area contributed by atoms with E-state index in [1.54, 1.807) is 0 Å². The summed E-state index contributed by atoms with van der Waals surface area (Å²) in [5, 5.41) is 23.8. The first-order valence-corrected chi connectivity index (χ1v) is 27.8. The standard InChI is InChI=1S/C60H105NO5/c1-4-7-10-13-16-19-22-25-27-29-30-31-33-35-38-41-44-47-50-53-60(65)66-56(51-48-45-42-39-36-34-32-28-26-23-20-17-14-11-8-5-2)54-59(64)61-57(55-62)58(63)52-49-46-43-40-37-24-21-18-15-12-9-6-3/h16,19,23,25-28,30-32,34-36,38,56-58,62-63H,4-15,17-18,20-22,24,29,33,37,39-55H2,1-3H3,(H,61,64)/b19-16-,26-23+,27-25-,31-30-,32-28+,36-34+,38-35-. The third-order valence-corrected chi connectivity index (χ3v) is 12.3. The Balaban J connectivity index is 4.71. The van der Waals surface area contributed by atoms with Crippen LogP contribution in [0.25, 0.3) is 0 Å². The van der Waals surface area contributed by atoms with Gasteiger partial charge < -0.3 is 20.3 Å². The molecule has 3 unspecified atom stereocenters. The number of amides is 1. The molecule has 0 saturated carbocycles. The van der Waals surface area contributed by atoms with Gasteiger partial charge in [0.2, 0.25) is 5.91 Å². The zero-order valence-corrected chi connectivity index (χ0v) is 43.3. The highest BCUT2D eigenvalue weighted by Gasteiger charge is 2.24. The van der Waals surface area contributed by atoms with Crippen molar-refractivity contribution < 1.29 is 24.5 Å². The number of allylic oxidation sites excluding steroid dienone is 14. The highest BCUT2D eigenvalue weighted by atomic mass is 16.5. The van der Waals surface area contributed by atoms with E-state index in [0.717, 1.165) is 96.3 Å². The smallest absolute Gasteiger partial charge is 0.306 e. The molecule has 0 radical (unpaired) electrons. The molecule has 0 aliphatic carbocycles. The molecule has 0 heterocycles. The number of rotatable bonds is 49. The number of ether oxygens (including phenoxy) is 1. The molecular weight excluding hydrogens is 815 g/mol. The van der Waals surface area contributed by atoms with Crippen molar-refractivity contribution in [2.24, 2.45) is 0 Å². The fraction of sp³-hybridized carbons (Fsp3) is 0.733. The van der Waals surface area contributed by atoms with Crippen LogP contribution in [0.5, 0.6) is 0 Å². The van der Waals surface area contributed by atoms with Gasteiger partial charge in [0, 0.05) is 6.42 Å². The van der Waals surface area contributed by atoms with E-state index in [4.69, 9.17) is 4.74 Å². The normalized spacial score (nSPS) is 13.8. The van der Waals surface area contributed by atoms with Crippen LogP contribution in [0.3, 0.4) is 0 Å². The summed E-state index contributed by atoms with van der Waals surface area (Å²) in [4.78, 5) is 26.2. The van der Waals surface area contributed by atoms with Crippen LogP contribution in [0.2, 0.25) is 0 Å². The van der Waals surface area contributed by atoms with Crippen molar-refractivity contribution in [3.8, 4) is 0 Å². The first-order chi connectivity index (χ1) is 32.5. The average molecular weight is 921 g/mol. The van der Waals surface area contributed by atoms with Crippen molar-refractivity contribution in [1.82, 2.24) is 5.32 Å². The third kappa shape index (κ3) is 47.5. The van der Waals surface area contributed by atoms with E-state index >= 15 is 0 Å². The Labute approximate surface area is 408 Å². The number of carbonyl (C=O) groups is 2. The SMILES string of the molecule is CCCCC/C=C\C/C=C\C/C=C\C/C=C\CCCCCC(=O)OC(CCCCC/C=C/C=C/C=C/CCCCCCC)CC(=O)NC(CO)C(O)CCCCCCCCCCCCCC. The molecule has 0 fully saturated rings. The maximum Gasteiger partial charge on any atom is 0.306 e. The average Bonchev–Trinajstić information content (AvgIpc) is 3.31. The molecule has 6 nitrogen and oxygen atoms in total. The van der Waals surface area contributed by atoms with Gasteiger partial charge in [-0.15, -0.1) is 0 Å². The Kier molecular flexibility index (Phi) is 50.6. The van der Waals surface area contributed by atoms with Gasteiger partial charge in [-0.1, -0.05) is 234 Å². The Morgan fingerprint density at radius 1 is 0.455 bits per heavy atom. The number of hydrogen-bond donors (Lipinski definition) is 3. The summed E-state index contributed by atoms with van der Waals surface area (Å²) in [7, 11) is 0. The molecule has 0 spiro atoms. The van der Waals surface area contributed by atoms with Crippen molar-refractivity contribution in [3.63, 3.8) is 0 Å². The molecule has 0 aromatic rings. The van der Waals surface area contributed by atoms with Crippen LogP contribution < -0.4 is 5.32 Å². The van der Waals surface area contributed by atoms with Crippen LogP contribution in [-0.4, -0.2) is 46.9 Å². The number of esters is 1. The van der Waals surface area contributed by atoms with Gasteiger partial charge in [-0.25, -0.2) is 0 Å². The van der Waals surface area contributed by atoms with Crippen LogP contribution in [0.1, 0.15) is 258 Å². The van der Waals surface area contributed by atoms with E-state index in [-0.39, 0.29) is 24.9 Å². The van der Waals surface area contributed by atoms with Crippen LogP contribution in [0, 0.1) is 0 Å². The second-order valence-electron chi connectivity index (χ2n) is 18.7. The summed E-state index contributed by atoms with van der Waals surface area (Å²) >= 11 is 0. The summed E-state index contributed by atoms with van der Waals surface area (Å²) in [5.41, 5.74) is 0. The molecule has 380 valence electrons. The van der Waals surface area contributed by atoms with E-state index in [2.05, 4.69) is 111 Å². The van der Waals surface area contributed by atoms with Gasteiger partial charge in [-0.3, -0.25) is 9.59 Å². The molecule has 0 aromatic carbocycles. The molecule has 6 heteroatoms. The predicted octanol–water partition coefficient (Wildman–Crippen LogP) is 17.1. The minimum Gasteiger partial charge on any atom is -0.462 e. The molecule has 0 rings (SSSR count). The number of hydrogen-bond acceptors (Lipinski definition) is 5. The van der Waals surface area contributed by atoms with Crippen molar-refractivity contribution in [2.45, 2.75) is 277 Å². The lowest BCUT2D eigenvalue weighted by molar-refractivity contribution is -0.151. The third-order valence-electron chi connectivity index (χ3n) is 12.3. The van der Waals surface area contributed by atoms with Gasteiger partial charge in [-0.05, 0) is 96.3 Å². The second kappa shape index (κ2) is 53.0. The van der Waals surface area contributed by atoms with Crippen molar-refractivity contribution >= 4 is 11.9 Å². The van der Waals surface area contributed by atoms with Crippen LogP contribution >= 0.6 is 0 Å². The summed E-state index contributed by atoms with van der Waals surface area (Å²) in [5.74, 6) is -0.545. The lowest BCUT2D eigenvalue weighted by Crippen LogP contribution is -2.46. The minimum atomic E-state index is -0.807. The molecule has 0 saturated heterocycles. The quantitative estimate of drug-likeness (QED) is 0.0245. The zero-order valence-electron chi connectivity index (χ0n) is 43.3. The maximum absolute atomic E-state index is 13.2. The first-order valence-electron chi connectivity index (χ1n) is 27.8. The van der Waals surface area contributed by atoms with E-state index in [0.29, 0.717) is 19.3 Å². The molecular formula is C60H105NO5. The van der Waals surface area contributed by atoms with Gasteiger partial charge in [0.15, 0.2) is 0 Å². The number of nitrogens with one attached hydrogen (secondary N) is 1. The highest BCUT2D eigenvalue weighted by Crippen LogP contribution is 2.17. The molecule has 66 heavy (non-hydrogen) atoms. The lowest BCUT2D eigenvalue weighted by Gasteiger charge is -2.24. The number of aliphatic hydroxyl groups excluding tert-OH is 2. The van der Waals surface area contributed by atoms with Crippen molar-refractivity contribution in [2.75, 3.05) is 6.61 Å². The molecule has 1 amide bonds. The van der Waals surface area contributed by atoms with Crippen LogP contribution in [0.4, 0.5) is 0 Å². The van der Waals surface area contributed by atoms with E-state index < -0.39 is 18.2 Å². The Morgan fingerprint density at radius 2 is 0.833 bits per heavy atom. The lowest BCUT2D eigenvalue weighted by atomic mass is 10.0. The predicted molar refractivity (Wildman–Crippen MR) is 287 cm³/mol. The van der Waals surface area contributed by atoms with Crippen molar-refractivity contribution in [1.29, 1.82) is 0 Å². The summed E-state index contributed by atoms with van der Waals surface area (Å²) < 4.78 is 5.92. The second-order valence-corrected chi connectivity index (χ2v) is 18.7. The van der Waals surface area contributed by atoms with Gasteiger partial charge in [0.05, 0.1) is 25.2 Å². The monoisotopic (exact) mass is 920 g/mol. The molecule has 0 aromatic heterocycles. The number of aliphatic hydroxyl groups is 2. The molecule has 3 atom stereocenters. The number of unbranched alkanes of at least 4 members (excludes halogenated alkanes) is 25. The molecule has 0 aliphatic heterocycles. The Hall–Kier alpha value is -2.96. The van der Waals surface area contributed by atoms with Gasteiger partial charge >= 0.3 is 5.97 Å². The molecule has 0 bridgehead atoms. The van der Waals surface area contributed by atoms with E-state index in [9.17, 15) is 19.8 Å². The van der Waals surface area contributed by atoms with E-state index in [1.807, 2.05) is 0 Å². The minimum absolute atomic E-state index is 0.0383. The van der Waals surface area contributed by atoms with Gasteiger partial charge in [-0.2, -0.15) is 0 Å². The molecule has 0 aliphatic rings. The summed E-state index contributed by atoms with van der Waals surface area (Å²) in [6.07, 6.45) is 69.2. The molecule has 3 N–H and O–H groups in total. The Bertz CT molecular complexity index is 1260. The highest BCUT2D eigenvalue weighted by molar-refractivity contribution is 5.77. The largest absolute Gasteiger partial charge is 0.462 e. The maximum atomic E-state index is 13.2. The topological polar surface area (TPSA) is 95.9 Å². The van der Waals surface area contributed by atoms with Gasteiger partial charge in [0.1, 0.15) is 6.10 Å². The summed E-state index contributed by atoms with van der Waals surface area (Å²) in [6, 6.07) is -0.724. The number of carbonyl (C=O) groups excluding carboxylic acids is 2. The van der Waals surface area contributed by atoms with Crippen LogP contribution in [-0.2, 0) is 14.3 Å². The summed E-state index contributed by atoms with van der Waals surface area (Å²) in [6.45, 7) is 6.42. The van der Waals surface area contributed by atoms with E-state index in [1.165, 1.54) is 116 Å². The Morgan fingerprint density at radius 3 is 1.33 bits per heavy atom. The fourth-order valence-corrected chi connectivity index (χ4v) is 8.00. The van der Waals surface area contributed by atoms with Crippen LogP contribution in [0.15, 0.2) is 85.1 Å². The fourth-order valence-electron chi connectivity index (χ4n) is 8.00. The van der Waals surface area contributed by atoms with Crippen molar-refractivity contribution in [3.05, 3.63) is 85.1 Å². The zero-order chi connectivity index (χ0) is 48.1. The first kappa shape index (κ1) is 63.0. The van der Waals surface area contributed by atoms with Gasteiger partial charge in [0.25, 0.3) is 0 Å².